The van der Waals surface area contributed by atoms with E-state index >= 15 is 0 Å². The Morgan fingerprint density at radius 2 is 1.94 bits per heavy atom. The van der Waals surface area contributed by atoms with Crippen LogP contribution in [0, 0.1) is 19.9 Å². The third-order valence-electron chi connectivity index (χ3n) is 3.48. The minimum absolute atomic E-state index is 0.970. The lowest BCUT2D eigenvalue weighted by Crippen LogP contribution is -2.03. The molecule has 18 heavy (non-hydrogen) atoms. The monoisotopic (exact) mass is 237 g/mol. The third-order valence-corrected chi connectivity index (χ3v) is 3.48. The van der Waals surface area contributed by atoms with E-state index in [1.54, 1.807) is 0 Å². The Kier molecular flexibility index (Phi) is 2.36. The molecule has 0 bridgehead atoms. The first-order valence-corrected chi connectivity index (χ1v) is 6.31. The lowest BCUT2D eigenvalue weighted by atomic mass is 9.86. The van der Waals surface area contributed by atoms with Crippen molar-refractivity contribution in [3.63, 3.8) is 0 Å². The van der Waals surface area contributed by atoms with Crippen molar-refractivity contribution in [2.45, 2.75) is 34.1 Å². The number of aromatic amines is 1. The van der Waals surface area contributed by atoms with Gasteiger partial charge in [0.2, 0.25) is 0 Å². The summed E-state index contributed by atoms with van der Waals surface area (Å²) < 4.78 is 0. The second-order valence-electron chi connectivity index (χ2n) is 5.20. The Balaban J connectivity index is 1.95. The van der Waals surface area contributed by atoms with Crippen molar-refractivity contribution in [3.05, 3.63) is 52.0 Å². The molecule has 0 aromatic carbocycles. The normalized spacial score (nSPS) is 22.1. The molecule has 0 radical (unpaired) electrons. The average molecular weight is 237 g/mol. The minimum Gasteiger partial charge on any atom is -0.307 e. The molecular formula is C16H17N2+. The minimum atomic E-state index is 0.970. The molecular weight excluding hydrogens is 220 g/mol. The van der Waals surface area contributed by atoms with Crippen LogP contribution in [0.25, 0.3) is 5.57 Å². The summed E-state index contributed by atoms with van der Waals surface area (Å²) in [6, 6.07) is 2.18. The highest BCUT2D eigenvalue weighted by atomic mass is 14.8. The van der Waals surface area contributed by atoms with E-state index in [2.05, 4.69) is 49.0 Å². The molecule has 0 saturated heterocycles. The number of rotatable bonds is 1. The van der Waals surface area contributed by atoms with Crippen LogP contribution in [0.15, 0.2) is 34.0 Å². The summed E-state index contributed by atoms with van der Waals surface area (Å²) in [6.07, 6.45) is 6.56. The highest BCUT2D eigenvalue weighted by molar-refractivity contribution is 5.98. The van der Waals surface area contributed by atoms with Crippen LogP contribution in [0.4, 0.5) is 0 Å². The first kappa shape index (κ1) is 11.2. The predicted molar refractivity (Wildman–Crippen MR) is 75.4 cm³/mol. The fourth-order valence-corrected chi connectivity index (χ4v) is 2.66. The fourth-order valence-electron chi connectivity index (χ4n) is 2.66. The highest BCUT2D eigenvalue weighted by Crippen LogP contribution is 2.38. The molecule has 0 atom stereocenters. The SMILES string of the molecule is CC1=CC(C)=NC1=C1[C+]=C(c2[nH]c(C)cc2C)C1. The van der Waals surface area contributed by atoms with Crippen LogP contribution < -0.4 is 0 Å². The van der Waals surface area contributed by atoms with E-state index in [9.17, 15) is 0 Å². The molecule has 1 aromatic rings. The number of nitrogens with zero attached hydrogens (tertiary/aromatic N) is 1. The van der Waals surface area contributed by atoms with Gasteiger partial charge in [-0.3, -0.25) is 0 Å². The molecule has 1 N–H and O–H groups in total. The van der Waals surface area contributed by atoms with Gasteiger partial charge >= 0.3 is 0 Å². The lowest BCUT2D eigenvalue weighted by Gasteiger charge is -2.09. The van der Waals surface area contributed by atoms with E-state index < -0.39 is 0 Å². The molecule has 2 aliphatic rings. The molecule has 2 heterocycles. The van der Waals surface area contributed by atoms with Gasteiger partial charge in [-0.25, -0.2) is 0 Å². The smallest absolute Gasteiger partial charge is 0.169 e. The van der Waals surface area contributed by atoms with E-state index in [0.717, 1.165) is 17.8 Å². The predicted octanol–water partition coefficient (Wildman–Crippen LogP) is 3.90. The number of H-pyrrole nitrogens is 1. The van der Waals surface area contributed by atoms with Crippen molar-refractivity contribution in [1.82, 2.24) is 4.98 Å². The molecule has 0 spiro atoms. The summed E-state index contributed by atoms with van der Waals surface area (Å²) in [5, 5.41) is 0. The Labute approximate surface area is 108 Å². The molecule has 3 rings (SSSR count). The molecule has 2 heteroatoms. The van der Waals surface area contributed by atoms with E-state index in [1.807, 2.05) is 6.92 Å². The third kappa shape index (κ3) is 1.66. The van der Waals surface area contributed by atoms with E-state index in [4.69, 9.17) is 0 Å². The molecule has 1 aromatic heterocycles. The van der Waals surface area contributed by atoms with Crippen LogP contribution in [0.3, 0.4) is 0 Å². The van der Waals surface area contributed by atoms with Gasteiger partial charge in [-0.1, -0.05) is 0 Å². The van der Waals surface area contributed by atoms with Gasteiger partial charge in [0.15, 0.2) is 5.70 Å². The molecule has 1 aliphatic heterocycles. The van der Waals surface area contributed by atoms with Crippen LogP contribution in [0.1, 0.15) is 37.2 Å². The number of hydrogen-bond donors (Lipinski definition) is 1. The number of aryl methyl sites for hydroxylation is 2. The van der Waals surface area contributed by atoms with Crippen molar-refractivity contribution < 1.29 is 0 Å². The topological polar surface area (TPSA) is 28.1 Å². The van der Waals surface area contributed by atoms with E-state index in [0.29, 0.717) is 0 Å². The molecule has 0 fully saturated rings. The van der Waals surface area contributed by atoms with Crippen LogP contribution in [0.5, 0.6) is 0 Å². The first-order chi connectivity index (χ1) is 8.54. The van der Waals surface area contributed by atoms with Crippen LogP contribution >= 0.6 is 0 Å². The number of allylic oxidation sites excluding steroid dienone is 5. The molecule has 0 unspecified atom stereocenters. The van der Waals surface area contributed by atoms with Gasteiger partial charge in [-0.15, -0.1) is 0 Å². The number of aliphatic imine (C=N–C) groups is 1. The van der Waals surface area contributed by atoms with Gasteiger partial charge in [-0.2, -0.15) is 4.99 Å². The zero-order chi connectivity index (χ0) is 12.9. The van der Waals surface area contributed by atoms with Crippen molar-refractivity contribution in [1.29, 1.82) is 0 Å². The Morgan fingerprint density at radius 3 is 2.44 bits per heavy atom. The standard InChI is InChI=1S/C16H17N2/c1-9-5-11(3)17-15(9)13-7-14(8-13)16-10(2)6-12(4)18-16/h5-6,17H,7H2,1-4H3/q+1. The lowest BCUT2D eigenvalue weighted by molar-refractivity contribution is 1.08. The summed E-state index contributed by atoms with van der Waals surface area (Å²) in [5.41, 5.74) is 9.74. The Hall–Kier alpha value is -1.92. The summed E-state index contributed by atoms with van der Waals surface area (Å²) >= 11 is 0. The van der Waals surface area contributed by atoms with Crippen molar-refractivity contribution in [3.8, 4) is 0 Å². The van der Waals surface area contributed by atoms with Gasteiger partial charge in [-0.05, 0) is 39.8 Å². The van der Waals surface area contributed by atoms with Crippen LogP contribution in [-0.4, -0.2) is 10.7 Å². The summed E-state index contributed by atoms with van der Waals surface area (Å²) in [7, 11) is 0. The molecule has 0 saturated carbocycles. The second kappa shape index (κ2) is 3.79. The first-order valence-electron chi connectivity index (χ1n) is 6.31. The van der Waals surface area contributed by atoms with Crippen LogP contribution in [-0.2, 0) is 0 Å². The average Bonchev–Trinajstić information content (AvgIpc) is 2.69. The quantitative estimate of drug-likeness (QED) is 0.718. The molecule has 1 aliphatic carbocycles. The number of nitrogens with one attached hydrogen (secondary N) is 1. The van der Waals surface area contributed by atoms with Crippen molar-refractivity contribution in [2.75, 3.05) is 0 Å². The maximum atomic E-state index is 4.56. The van der Waals surface area contributed by atoms with Gasteiger partial charge in [0.25, 0.3) is 0 Å². The zero-order valence-electron chi connectivity index (χ0n) is 11.3. The Morgan fingerprint density at radius 1 is 1.22 bits per heavy atom. The van der Waals surface area contributed by atoms with Gasteiger partial charge in [0.1, 0.15) is 16.8 Å². The maximum Gasteiger partial charge on any atom is 0.169 e. The molecule has 0 amide bonds. The highest BCUT2D eigenvalue weighted by Gasteiger charge is 2.32. The fraction of sp³-hybridized carbons (Fsp3) is 0.312. The van der Waals surface area contributed by atoms with Gasteiger partial charge in [0.05, 0.1) is 18.2 Å². The molecule has 90 valence electrons. The molecule has 2 nitrogen and oxygen atoms in total. The van der Waals surface area contributed by atoms with Gasteiger partial charge in [0, 0.05) is 16.8 Å². The maximum absolute atomic E-state index is 4.56. The summed E-state index contributed by atoms with van der Waals surface area (Å²) in [6.45, 7) is 8.39. The van der Waals surface area contributed by atoms with Crippen molar-refractivity contribution in [2.24, 2.45) is 4.99 Å². The number of hydrogen-bond acceptors (Lipinski definition) is 1. The van der Waals surface area contributed by atoms with E-state index in [1.165, 1.54) is 33.7 Å². The van der Waals surface area contributed by atoms with Crippen molar-refractivity contribution >= 4 is 11.3 Å². The summed E-state index contributed by atoms with van der Waals surface area (Å²) in [5.74, 6) is 0. The largest absolute Gasteiger partial charge is 0.307 e. The Bertz CT molecular complexity index is 649. The van der Waals surface area contributed by atoms with Gasteiger partial charge < -0.3 is 4.98 Å². The van der Waals surface area contributed by atoms with E-state index in [-0.39, 0.29) is 0 Å². The summed E-state index contributed by atoms with van der Waals surface area (Å²) in [4.78, 5) is 7.97. The van der Waals surface area contributed by atoms with Crippen LogP contribution in [0.2, 0.25) is 0 Å². The zero-order valence-corrected chi connectivity index (χ0v) is 11.3. The second-order valence-corrected chi connectivity index (χ2v) is 5.20. The number of aromatic nitrogens is 1.